The lowest BCUT2D eigenvalue weighted by Gasteiger charge is -2.13. The average molecular weight is 482 g/mol. The number of aromatic nitrogens is 2. The fraction of sp³-hybridized carbons (Fsp3) is 0.0870. The molecule has 2 aromatic heterocycles. The molecular formula is C23H17ClFN5O2S. The van der Waals surface area contributed by atoms with Crippen molar-refractivity contribution in [1.29, 1.82) is 5.26 Å². The zero-order valence-corrected chi connectivity index (χ0v) is 18.7. The number of nitrogens with one attached hydrogen (secondary N) is 2. The number of rotatable bonds is 7. The van der Waals surface area contributed by atoms with Crippen molar-refractivity contribution < 1.29 is 12.8 Å². The zero-order valence-electron chi connectivity index (χ0n) is 17.0. The summed E-state index contributed by atoms with van der Waals surface area (Å²) >= 11 is 5.89. The Morgan fingerprint density at radius 1 is 1.03 bits per heavy atom. The van der Waals surface area contributed by atoms with Gasteiger partial charge in [-0.25, -0.2) is 17.8 Å². The maximum atomic E-state index is 13.5. The van der Waals surface area contributed by atoms with E-state index in [0.29, 0.717) is 40.2 Å². The summed E-state index contributed by atoms with van der Waals surface area (Å²) in [5.74, 6) is 0.0394. The molecule has 0 amide bonds. The van der Waals surface area contributed by atoms with Crippen molar-refractivity contribution in [2.45, 2.75) is 12.3 Å². The van der Waals surface area contributed by atoms with Gasteiger partial charge in [-0.15, -0.1) is 0 Å². The van der Waals surface area contributed by atoms with Crippen LogP contribution in [0.3, 0.4) is 0 Å². The molecule has 7 nitrogen and oxygen atoms in total. The molecule has 0 saturated carbocycles. The van der Waals surface area contributed by atoms with E-state index in [4.69, 9.17) is 11.6 Å². The van der Waals surface area contributed by atoms with Gasteiger partial charge in [0.25, 0.3) is 0 Å². The largest absolute Gasteiger partial charge is 0.366 e. The number of thiol groups is 1. The van der Waals surface area contributed by atoms with E-state index in [2.05, 4.69) is 26.7 Å². The van der Waals surface area contributed by atoms with Crippen LogP contribution in [0.5, 0.6) is 0 Å². The minimum atomic E-state index is -2.46. The molecule has 33 heavy (non-hydrogen) atoms. The minimum absolute atomic E-state index is 0.0124. The number of anilines is 3. The highest BCUT2D eigenvalue weighted by atomic mass is 35.5. The molecule has 2 heterocycles. The van der Waals surface area contributed by atoms with E-state index < -0.39 is 16.5 Å². The van der Waals surface area contributed by atoms with Crippen LogP contribution in [0.2, 0.25) is 5.02 Å². The normalized spacial score (nSPS) is 10.8. The van der Waals surface area contributed by atoms with Crippen LogP contribution in [0.1, 0.15) is 16.7 Å². The molecule has 0 radical (unpaired) electrons. The van der Waals surface area contributed by atoms with Crippen LogP contribution in [0, 0.1) is 17.1 Å². The molecular weight excluding hydrogens is 465 g/mol. The highest BCUT2D eigenvalue weighted by Gasteiger charge is 2.12. The van der Waals surface area contributed by atoms with Crippen molar-refractivity contribution in [2.75, 3.05) is 10.6 Å². The molecule has 0 saturated heterocycles. The van der Waals surface area contributed by atoms with Crippen molar-refractivity contribution in [2.24, 2.45) is 0 Å². The van der Waals surface area contributed by atoms with Crippen molar-refractivity contribution >= 4 is 50.4 Å². The number of fused-ring (bicyclic) bond motifs is 1. The van der Waals surface area contributed by atoms with Crippen LogP contribution in [-0.4, -0.2) is 18.4 Å². The van der Waals surface area contributed by atoms with Crippen LogP contribution in [-0.2, 0) is 23.0 Å². The standard InChI is InChI=1S/C23H17ClFN5O2S/c24-19-7-17(5-6-20(19)25)30-23-16(9-26)11-27-21-12-29-22(8-18(21)23)28-10-14-1-3-15(4-2-14)13-33(31)32/h1-8,11-12,33H,10,13H2,(H,27,30)(H,28,29). The summed E-state index contributed by atoms with van der Waals surface area (Å²) in [6.45, 7) is 0.462. The first kappa shape index (κ1) is 22.5. The number of nitrogens with zero attached hydrogens (tertiary/aromatic N) is 3. The molecule has 0 aliphatic heterocycles. The van der Waals surface area contributed by atoms with Gasteiger partial charge in [0.2, 0.25) is 0 Å². The molecule has 4 rings (SSSR count). The second-order valence-corrected chi connectivity index (χ2v) is 8.55. The van der Waals surface area contributed by atoms with E-state index in [-0.39, 0.29) is 10.8 Å². The number of pyridine rings is 2. The minimum Gasteiger partial charge on any atom is -0.366 e. The number of halogens is 2. The number of hydrogen-bond acceptors (Lipinski definition) is 7. The fourth-order valence-corrected chi connectivity index (χ4v) is 3.92. The molecule has 2 N–H and O–H groups in total. The van der Waals surface area contributed by atoms with Gasteiger partial charge in [-0.2, -0.15) is 5.26 Å². The lowest BCUT2D eigenvalue weighted by Crippen LogP contribution is -2.03. The zero-order chi connectivity index (χ0) is 23.4. The first-order chi connectivity index (χ1) is 15.9. The molecule has 4 aromatic rings. The Balaban J connectivity index is 1.61. The molecule has 2 aromatic carbocycles. The van der Waals surface area contributed by atoms with Gasteiger partial charge in [0.15, 0.2) is 0 Å². The van der Waals surface area contributed by atoms with Gasteiger partial charge < -0.3 is 10.6 Å². The highest BCUT2D eigenvalue weighted by Crippen LogP contribution is 2.31. The van der Waals surface area contributed by atoms with Gasteiger partial charge in [0, 0.05) is 23.8 Å². The Morgan fingerprint density at radius 2 is 1.79 bits per heavy atom. The summed E-state index contributed by atoms with van der Waals surface area (Å²) < 4.78 is 35.2. The quantitative estimate of drug-likeness (QED) is 0.326. The van der Waals surface area contributed by atoms with Crippen molar-refractivity contribution in [3.63, 3.8) is 0 Å². The molecule has 0 aliphatic carbocycles. The SMILES string of the molecule is N#Cc1cnc2cnc(NCc3ccc(C[SH](=O)=O)cc3)cc2c1Nc1ccc(F)c(Cl)c1. The van der Waals surface area contributed by atoms with Crippen LogP contribution >= 0.6 is 11.6 Å². The van der Waals surface area contributed by atoms with Crippen LogP contribution in [0.15, 0.2) is 60.9 Å². The first-order valence-electron chi connectivity index (χ1n) is 9.77. The Hall–Kier alpha value is -3.74. The summed E-state index contributed by atoms with van der Waals surface area (Å²) in [6, 6.07) is 15.3. The molecule has 0 unspecified atom stereocenters. The summed E-state index contributed by atoms with van der Waals surface area (Å²) in [5, 5.41) is 16.5. The first-order valence-corrected chi connectivity index (χ1v) is 11.5. The van der Waals surface area contributed by atoms with E-state index in [0.717, 1.165) is 11.1 Å². The Labute approximate surface area is 195 Å². The molecule has 10 heteroatoms. The summed E-state index contributed by atoms with van der Waals surface area (Å²) in [4.78, 5) is 8.66. The van der Waals surface area contributed by atoms with Gasteiger partial charge in [0.1, 0.15) is 28.4 Å². The third-order valence-corrected chi connectivity index (χ3v) is 5.78. The third kappa shape index (κ3) is 5.37. The van der Waals surface area contributed by atoms with Gasteiger partial charge in [-0.1, -0.05) is 35.9 Å². The number of hydrogen-bond donors (Lipinski definition) is 3. The maximum Gasteiger partial charge on any atom is 0.144 e. The van der Waals surface area contributed by atoms with E-state index in [1.807, 2.05) is 12.1 Å². The summed E-state index contributed by atoms with van der Waals surface area (Å²) in [5.41, 5.74) is 3.59. The molecule has 0 bridgehead atoms. The van der Waals surface area contributed by atoms with E-state index >= 15 is 0 Å². The van der Waals surface area contributed by atoms with Crippen LogP contribution < -0.4 is 10.6 Å². The Morgan fingerprint density at radius 3 is 2.48 bits per heavy atom. The van der Waals surface area contributed by atoms with Gasteiger partial charge in [-0.05, 0) is 35.4 Å². The third-order valence-electron chi connectivity index (χ3n) is 4.87. The topological polar surface area (TPSA) is 108 Å². The highest BCUT2D eigenvalue weighted by molar-refractivity contribution is 7.71. The van der Waals surface area contributed by atoms with E-state index in [1.165, 1.54) is 24.4 Å². The summed E-state index contributed by atoms with van der Waals surface area (Å²) in [7, 11) is -2.46. The summed E-state index contributed by atoms with van der Waals surface area (Å²) in [6.07, 6.45) is 3.04. The predicted octanol–water partition coefficient (Wildman–Crippen LogP) is 4.76. The second kappa shape index (κ2) is 9.81. The van der Waals surface area contributed by atoms with Gasteiger partial charge in [-0.3, -0.25) is 4.98 Å². The lowest BCUT2D eigenvalue weighted by atomic mass is 10.1. The van der Waals surface area contributed by atoms with E-state index in [9.17, 15) is 18.1 Å². The smallest absolute Gasteiger partial charge is 0.144 e. The second-order valence-electron chi connectivity index (χ2n) is 7.16. The van der Waals surface area contributed by atoms with Crippen LogP contribution in [0.4, 0.5) is 21.6 Å². The van der Waals surface area contributed by atoms with Crippen LogP contribution in [0.25, 0.3) is 10.9 Å². The van der Waals surface area contributed by atoms with Crippen molar-refractivity contribution in [1.82, 2.24) is 9.97 Å². The van der Waals surface area contributed by atoms with Crippen molar-refractivity contribution in [3.8, 4) is 6.07 Å². The molecule has 0 atom stereocenters. The van der Waals surface area contributed by atoms with Gasteiger partial charge >= 0.3 is 0 Å². The molecule has 166 valence electrons. The molecule has 0 fully saturated rings. The molecule has 0 spiro atoms. The van der Waals surface area contributed by atoms with Crippen molar-refractivity contribution in [3.05, 3.63) is 88.5 Å². The molecule has 0 aliphatic rings. The number of nitriles is 1. The number of benzene rings is 2. The van der Waals surface area contributed by atoms with E-state index in [1.54, 1.807) is 24.4 Å². The average Bonchev–Trinajstić information content (AvgIpc) is 2.81. The fourth-order valence-electron chi connectivity index (χ4n) is 3.23. The monoisotopic (exact) mass is 481 g/mol. The van der Waals surface area contributed by atoms with Gasteiger partial charge in [0.05, 0.1) is 33.7 Å². The maximum absolute atomic E-state index is 13.5. The predicted molar refractivity (Wildman–Crippen MR) is 127 cm³/mol. The lowest BCUT2D eigenvalue weighted by molar-refractivity contribution is 0.614. The Bertz CT molecular complexity index is 1440. The Kier molecular flexibility index (Phi) is 6.68.